The molecule has 0 aliphatic heterocycles. The van der Waals surface area contributed by atoms with Gasteiger partial charge in [-0.2, -0.15) is 0 Å². The number of rotatable bonds is 7. The highest BCUT2D eigenvalue weighted by Gasteiger charge is 2.18. The van der Waals surface area contributed by atoms with E-state index in [4.69, 9.17) is 0 Å². The molecule has 28 heavy (non-hydrogen) atoms. The molecule has 2 heteroatoms. The Labute approximate surface area is 165 Å². The Morgan fingerprint density at radius 2 is 1.07 bits per heavy atom. The molecule has 0 amide bonds. The monoisotopic (exact) mass is 368 g/mol. The average Bonchev–Trinajstić information content (AvgIpc) is 2.73. The van der Waals surface area contributed by atoms with Crippen molar-refractivity contribution in [2.24, 2.45) is 5.92 Å². The summed E-state index contributed by atoms with van der Waals surface area (Å²) in [6.07, 6.45) is 2.89. The summed E-state index contributed by atoms with van der Waals surface area (Å²) in [5.41, 5.74) is 2.46. The Hall–Kier alpha value is -3.13. The first-order valence-electron chi connectivity index (χ1n) is 9.88. The summed E-state index contributed by atoms with van der Waals surface area (Å²) in [5.74, 6) is -1.03. The summed E-state index contributed by atoms with van der Waals surface area (Å²) in [7, 11) is 0. The minimum Gasteiger partial charge on any atom is -0.481 e. The number of hydrogen-bond donors (Lipinski definition) is 1. The molecule has 0 aliphatic carbocycles. The Bertz CT molecular complexity index is 1020. The number of carboxylic acids is 1. The van der Waals surface area contributed by atoms with E-state index >= 15 is 0 Å². The van der Waals surface area contributed by atoms with Crippen molar-refractivity contribution in [3.63, 3.8) is 0 Å². The number of aliphatic carboxylic acids is 1. The lowest BCUT2D eigenvalue weighted by Gasteiger charge is -2.14. The molecule has 4 rings (SSSR count). The van der Waals surface area contributed by atoms with Crippen molar-refractivity contribution < 1.29 is 9.90 Å². The minimum atomic E-state index is -0.694. The van der Waals surface area contributed by atoms with Crippen molar-refractivity contribution in [1.82, 2.24) is 0 Å². The molecule has 2 nitrogen and oxygen atoms in total. The maximum atomic E-state index is 11.9. The summed E-state index contributed by atoms with van der Waals surface area (Å²) in [4.78, 5) is 11.9. The summed E-state index contributed by atoms with van der Waals surface area (Å²) in [6, 6.07) is 29.2. The van der Waals surface area contributed by atoms with E-state index in [0.29, 0.717) is 12.8 Å². The smallest absolute Gasteiger partial charge is 0.306 e. The zero-order valence-corrected chi connectivity index (χ0v) is 15.8. The van der Waals surface area contributed by atoms with Gasteiger partial charge in [-0.25, -0.2) is 0 Å². The third kappa shape index (κ3) is 3.91. The largest absolute Gasteiger partial charge is 0.481 e. The first kappa shape index (κ1) is 18.2. The molecule has 4 aromatic rings. The number of carboxylic acid groups (broad SMARTS) is 1. The second-order valence-corrected chi connectivity index (χ2v) is 7.39. The average molecular weight is 368 g/mol. The second kappa shape index (κ2) is 8.26. The van der Waals surface area contributed by atoms with E-state index in [1.807, 2.05) is 24.3 Å². The molecular formula is C26H24O2. The molecule has 4 aromatic carbocycles. The van der Waals surface area contributed by atoms with Crippen LogP contribution in [0.15, 0.2) is 84.9 Å². The van der Waals surface area contributed by atoms with E-state index in [1.165, 1.54) is 32.7 Å². The maximum absolute atomic E-state index is 11.9. The van der Waals surface area contributed by atoms with Crippen LogP contribution in [0.25, 0.3) is 21.5 Å². The van der Waals surface area contributed by atoms with Crippen LogP contribution < -0.4 is 0 Å². The Morgan fingerprint density at radius 1 is 0.643 bits per heavy atom. The number of fused-ring (bicyclic) bond motifs is 2. The molecule has 0 unspecified atom stereocenters. The van der Waals surface area contributed by atoms with Crippen molar-refractivity contribution in [2.75, 3.05) is 0 Å². The van der Waals surface area contributed by atoms with Gasteiger partial charge < -0.3 is 5.11 Å². The van der Waals surface area contributed by atoms with Gasteiger partial charge in [-0.15, -0.1) is 0 Å². The SMILES string of the molecule is O=C(O)C(CCc1cccc2ccccc12)CCc1cccc2ccccc12. The van der Waals surface area contributed by atoms with Crippen molar-refractivity contribution >= 4 is 27.5 Å². The van der Waals surface area contributed by atoms with Gasteiger partial charge in [0.2, 0.25) is 0 Å². The van der Waals surface area contributed by atoms with Crippen LogP contribution in [0, 0.1) is 5.92 Å². The van der Waals surface area contributed by atoms with Gasteiger partial charge >= 0.3 is 5.97 Å². The van der Waals surface area contributed by atoms with Crippen molar-refractivity contribution in [1.29, 1.82) is 0 Å². The van der Waals surface area contributed by atoms with E-state index in [9.17, 15) is 9.90 Å². The number of hydrogen-bond acceptors (Lipinski definition) is 1. The predicted octanol–water partition coefficient (Wildman–Crippen LogP) is 6.26. The van der Waals surface area contributed by atoms with Crippen LogP contribution in [0.4, 0.5) is 0 Å². The van der Waals surface area contributed by atoms with Crippen molar-refractivity contribution in [2.45, 2.75) is 25.7 Å². The minimum absolute atomic E-state index is 0.335. The maximum Gasteiger partial charge on any atom is 0.306 e. The van der Waals surface area contributed by atoms with Gasteiger partial charge in [0.1, 0.15) is 0 Å². The van der Waals surface area contributed by atoms with Gasteiger partial charge in [-0.05, 0) is 58.4 Å². The van der Waals surface area contributed by atoms with Gasteiger partial charge in [0.05, 0.1) is 5.92 Å². The molecule has 140 valence electrons. The summed E-state index contributed by atoms with van der Waals surface area (Å²) in [5, 5.41) is 14.6. The molecule has 0 atom stereocenters. The highest BCUT2D eigenvalue weighted by Crippen LogP contribution is 2.25. The van der Waals surface area contributed by atoms with E-state index in [2.05, 4.69) is 60.7 Å². The standard InChI is InChI=1S/C26H24O2/c27-26(28)23(17-15-21-11-5-9-19-7-1-3-13-24(19)21)18-16-22-12-6-10-20-8-2-4-14-25(20)22/h1-14,23H,15-18H2,(H,27,28). The third-order valence-corrected chi connectivity index (χ3v) is 5.63. The topological polar surface area (TPSA) is 37.3 Å². The van der Waals surface area contributed by atoms with E-state index in [1.54, 1.807) is 0 Å². The number of benzene rings is 4. The van der Waals surface area contributed by atoms with Crippen LogP contribution >= 0.6 is 0 Å². The van der Waals surface area contributed by atoms with Gasteiger partial charge in [-0.3, -0.25) is 4.79 Å². The van der Waals surface area contributed by atoms with Crippen LogP contribution in [-0.4, -0.2) is 11.1 Å². The third-order valence-electron chi connectivity index (χ3n) is 5.63. The molecule has 0 aromatic heterocycles. The lowest BCUT2D eigenvalue weighted by Crippen LogP contribution is -2.15. The molecule has 0 saturated carbocycles. The molecule has 0 heterocycles. The molecular weight excluding hydrogens is 344 g/mol. The fourth-order valence-electron chi connectivity index (χ4n) is 4.07. The normalized spacial score (nSPS) is 11.3. The predicted molar refractivity (Wildman–Crippen MR) is 116 cm³/mol. The van der Waals surface area contributed by atoms with E-state index in [-0.39, 0.29) is 5.92 Å². The first-order valence-corrected chi connectivity index (χ1v) is 9.88. The van der Waals surface area contributed by atoms with Gasteiger partial charge in [0, 0.05) is 0 Å². The van der Waals surface area contributed by atoms with Gasteiger partial charge in [-0.1, -0.05) is 84.9 Å². The van der Waals surface area contributed by atoms with E-state index in [0.717, 1.165) is 12.8 Å². The van der Waals surface area contributed by atoms with Crippen molar-refractivity contribution in [3.05, 3.63) is 96.1 Å². The van der Waals surface area contributed by atoms with E-state index < -0.39 is 5.97 Å². The molecule has 0 radical (unpaired) electrons. The Morgan fingerprint density at radius 3 is 1.54 bits per heavy atom. The number of carbonyl (C=O) groups is 1. The van der Waals surface area contributed by atoms with Gasteiger partial charge in [0.15, 0.2) is 0 Å². The molecule has 0 saturated heterocycles. The lowest BCUT2D eigenvalue weighted by molar-refractivity contribution is -0.142. The Kier molecular flexibility index (Phi) is 5.38. The van der Waals surface area contributed by atoms with Crippen LogP contribution in [0.3, 0.4) is 0 Å². The van der Waals surface area contributed by atoms with Crippen LogP contribution in [0.2, 0.25) is 0 Å². The molecule has 0 bridgehead atoms. The van der Waals surface area contributed by atoms with Crippen LogP contribution in [-0.2, 0) is 17.6 Å². The van der Waals surface area contributed by atoms with Crippen LogP contribution in [0.5, 0.6) is 0 Å². The fraction of sp³-hybridized carbons (Fsp3) is 0.192. The number of aryl methyl sites for hydroxylation is 2. The molecule has 0 fully saturated rings. The lowest BCUT2D eigenvalue weighted by atomic mass is 9.90. The quantitative estimate of drug-likeness (QED) is 0.418. The second-order valence-electron chi connectivity index (χ2n) is 7.39. The highest BCUT2D eigenvalue weighted by atomic mass is 16.4. The Balaban J connectivity index is 1.48. The first-order chi connectivity index (χ1) is 13.7. The highest BCUT2D eigenvalue weighted by molar-refractivity contribution is 5.86. The molecule has 1 N–H and O–H groups in total. The van der Waals surface area contributed by atoms with Crippen LogP contribution in [0.1, 0.15) is 24.0 Å². The zero-order chi connectivity index (χ0) is 19.3. The van der Waals surface area contributed by atoms with Gasteiger partial charge in [0.25, 0.3) is 0 Å². The summed E-state index contributed by atoms with van der Waals surface area (Å²) < 4.78 is 0. The molecule has 0 aliphatic rings. The molecule has 0 spiro atoms. The van der Waals surface area contributed by atoms with Crippen molar-refractivity contribution in [3.8, 4) is 0 Å². The summed E-state index contributed by atoms with van der Waals surface area (Å²) >= 11 is 0. The summed E-state index contributed by atoms with van der Waals surface area (Å²) in [6.45, 7) is 0. The zero-order valence-electron chi connectivity index (χ0n) is 15.8. The fourth-order valence-corrected chi connectivity index (χ4v) is 4.07.